The number of nitrogens with zero attached hydrogens (tertiary/aromatic N) is 2. The molecule has 25 heavy (non-hydrogen) atoms. The first-order valence-corrected chi connectivity index (χ1v) is 8.56. The van der Waals surface area contributed by atoms with Gasteiger partial charge in [0.05, 0.1) is 7.11 Å². The summed E-state index contributed by atoms with van der Waals surface area (Å²) in [6.45, 7) is 4.10. The summed E-state index contributed by atoms with van der Waals surface area (Å²) in [6, 6.07) is 17.5. The second-order valence-electron chi connectivity index (χ2n) is 6.07. The third kappa shape index (κ3) is 4.73. The standard InChI is InChI=1S/C20H24N2O3/c1-24-19-10-6-5-7-17(19)15-21-11-13-22(14-12-21)20(23)16-25-18-8-3-2-4-9-18/h2-10H,11-16H2,1H3. The molecule has 1 fully saturated rings. The molecule has 5 heteroatoms. The average Bonchev–Trinajstić information content (AvgIpc) is 2.68. The molecule has 5 nitrogen and oxygen atoms in total. The summed E-state index contributed by atoms with van der Waals surface area (Å²) in [5.74, 6) is 1.68. The third-order valence-electron chi connectivity index (χ3n) is 4.42. The SMILES string of the molecule is COc1ccccc1CN1CCN(C(=O)COc2ccccc2)CC1. The molecule has 0 radical (unpaired) electrons. The molecule has 0 aliphatic carbocycles. The molecule has 1 aliphatic heterocycles. The van der Waals surface area contributed by atoms with Crippen molar-refractivity contribution in [1.29, 1.82) is 0 Å². The van der Waals surface area contributed by atoms with Crippen molar-refractivity contribution < 1.29 is 14.3 Å². The Morgan fingerprint density at radius 2 is 1.64 bits per heavy atom. The van der Waals surface area contributed by atoms with Crippen LogP contribution in [0.25, 0.3) is 0 Å². The van der Waals surface area contributed by atoms with E-state index in [4.69, 9.17) is 9.47 Å². The number of ether oxygens (including phenoxy) is 2. The maximum Gasteiger partial charge on any atom is 0.260 e. The van der Waals surface area contributed by atoms with Crippen molar-refractivity contribution >= 4 is 5.91 Å². The topological polar surface area (TPSA) is 42.0 Å². The Labute approximate surface area is 148 Å². The second kappa shape index (κ2) is 8.53. The fourth-order valence-electron chi connectivity index (χ4n) is 2.98. The zero-order valence-electron chi connectivity index (χ0n) is 14.6. The van der Waals surface area contributed by atoms with E-state index in [9.17, 15) is 4.79 Å². The lowest BCUT2D eigenvalue weighted by molar-refractivity contribution is -0.135. The van der Waals surface area contributed by atoms with E-state index in [-0.39, 0.29) is 12.5 Å². The minimum Gasteiger partial charge on any atom is -0.496 e. The highest BCUT2D eigenvalue weighted by Gasteiger charge is 2.22. The van der Waals surface area contributed by atoms with Crippen molar-refractivity contribution in [3.63, 3.8) is 0 Å². The van der Waals surface area contributed by atoms with Crippen LogP contribution in [0.2, 0.25) is 0 Å². The molecule has 0 aromatic heterocycles. The van der Waals surface area contributed by atoms with Crippen LogP contribution in [0, 0.1) is 0 Å². The van der Waals surface area contributed by atoms with Crippen LogP contribution in [0.5, 0.6) is 11.5 Å². The predicted molar refractivity (Wildman–Crippen MR) is 96.8 cm³/mol. The number of methoxy groups -OCH3 is 1. The first kappa shape index (κ1) is 17.3. The molecule has 1 saturated heterocycles. The highest BCUT2D eigenvalue weighted by Crippen LogP contribution is 2.20. The molecule has 0 spiro atoms. The van der Waals surface area contributed by atoms with E-state index in [2.05, 4.69) is 11.0 Å². The number of hydrogen-bond acceptors (Lipinski definition) is 4. The van der Waals surface area contributed by atoms with Crippen molar-refractivity contribution in [2.75, 3.05) is 39.9 Å². The van der Waals surface area contributed by atoms with E-state index in [1.807, 2.05) is 53.4 Å². The van der Waals surface area contributed by atoms with Crippen molar-refractivity contribution in [2.45, 2.75) is 6.54 Å². The first-order valence-electron chi connectivity index (χ1n) is 8.56. The van der Waals surface area contributed by atoms with Gasteiger partial charge < -0.3 is 14.4 Å². The average molecular weight is 340 g/mol. The van der Waals surface area contributed by atoms with E-state index in [1.165, 1.54) is 5.56 Å². The minimum absolute atomic E-state index is 0.0424. The van der Waals surface area contributed by atoms with Gasteiger partial charge in [-0.05, 0) is 18.2 Å². The summed E-state index contributed by atoms with van der Waals surface area (Å²) in [5, 5.41) is 0. The van der Waals surface area contributed by atoms with Gasteiger partial charge in [-0.2, -0.15) is 0 Å². The Kier molecular flexibility index (Phi) is 5.90. The second-order valence-corrected chi connectivity index (χ2v) is 6.07. The molecule has 1 aliphatic rings. The lowest BCUT2D eigenvalue weighted by Crippen LogP contribution is -2.49. The minimum atomic E-state index is 0.0424. The quantitative estimate of drug-likeness (QED) is 0.810. The Bertz CT molecular complexity index is 682. The molecule has 0 unspecified atom stereocenters. The smallest absolute Gasteiger partial charge is 0.260 e. The van der Waals surface area contributed by atoms with E-state index in [1.54, 1.807) is 7.11 Å². The molecule has 0 N–H and O–H groups in total. The maximum absolute atomic E-state index is 12.3. The summed E-state index contributed by atoms with van der Waals surface area (Å²) in [7, 11) is 1.70. The largest absolute Gasteiger partial charge is 0.496 e. The van der Waals surface area contributed by atoms with E-state index in [0.717, 1.165) is 44.2 Å². The van der Waals surface area contributed by atoms with Gasteiger partial charge in [-0.1, -0.05) is 36.4 Å². The zero-order valence-corrected chi connectivity index (χ0v) is 14.6. The Morgan fingerprint density at radius 1 is 0.960 bits per heavy atom. The number of para-hydroxylation sites is 2. The van der Waals surface area contributed by atoms with Crippen LogP contribution in [0.15, 0.2) is 54.6 Å². The van der Waals surface area contributed by atoms with Crippen LogP contribution < -0.4 is 9.47 Å². The van der Waals surface area contributed by atoms with Gasteiger partial charge in [0, 0.05) is 38.3 Å². The number of benzene rings is 2. The number of rotatable bonds is 6. The summed E-state index contributed by atoms with van der Waals surface area (Å²) in [5.41, 5.74) is 1.18. The van der Waals surface area contributed by atoms with Crippen molar-refractivity contribution in [2.24, 2.45) is 0 Å². The summed E-state index contributed by atoms with van der Waals surface area (Å²) >= 11 is 0. The Hall–Kier alpha value is -2.53. The van der Waals surface area contributed by atoms with E-state index < -0.39 is 0 Å². The van der Waals surface area contributed by atoms with E-state index >= 15 is 0 Å². The zero-order chi connectivity index (χ0) is 17.5. The fourth-order valence-corrected chi connectivity index (χ4v) is 2.98. The summed E-state index contributed by atoms with van der Waals surface area (Å²) in [4.78, 5) is 16.5. The van der Waals surface area contributed by atoms with Crippen LogP contribution in [-0.2, 0) is 11.3 Å². The first-order chi connectivity index (χ1) is 12.3. The maximum atomic E-state index is 12.3. The van der Waals surface area contributed by atoms with Crippen molar-refractivity contribution in [1.82, 2.24) is 9.80 Å². The molecule has 2 aromatic carbocycles. The van der Waals surface area contributed by atoms with Crippen LogP contribution >= 0.6 is 0 Å². The Balaban J connectivity index is 1.46. The molecule has 1 amide bonds. The number of carbonyl (C=O) groups excluding carboxylic acids is 1. The number of hydrogen-bond donors (Lipinski definition) is 0. The molecule has 132 valence electrons. The molecule has 0 saturated carbocycles. The van der Waals surface area contributed by atoms with Crippen LogP contribution in [-0.4, -0.2) is 55.6 Å². The lowest BCUT2D eigenvalue weighted by Gasteiger charge is -2.34. The van der Waals surface area contributed by atoms with Gasteiger partial charge in [0.25, 0.3) is 5.91 Å². The summed E-state index contributed by atoms with van der Waals surface area (Å²) in [6.07, 6.45) is 0. The number of piperazine rings is 1. The molecule has 3 rings (SSSR count). The molecule has 0 atom stereocenters. The number of carbonyl (C=O) groups is 1. The molecule has 2 aromatic rings. The number of amides is 1. The van der Waals surface area contributed by atoms with Gasteiger partial charge in [0.15, 0.2) is 6.61 Å². The monoisotopic (exact) mass is 340 g/mol. The highest BCUT2D eigenvalue weighted by molar-refractivity contribution is 5.77. The molecule has 1 heterocycles. The molecular formula is C20H24N2O3. The fraction of sp³-hybridized carbons (Fsp3) is 0.350. The van der Waals surface area contributed by atoms with Gasteiger partial charge >= 0.3 is 0 Å². The van der Waals surface area contributed by atoms with Gasteiger partial charge in [0.1, 0.15) is 11.5 Å². The van der Waals surface area contributed by atoms with Crippen LogP contribution in [0.1, 0.15) is 5.56 Å². The third-order valence-corrected chi connectivity index (χ3v) is 4.42. The Morgan fingerprint density at radius 3 is 2.36 bits per heavy atom. The van der Waals surface area contributed by atoms with Crippen molar-refractivity contribution in [3.05, 3.63) is 60.2 Å². The van der Waals surface area contributed by atoms with Gasteiger partial charge in [-0.15, -0.1) is 0 Å². The summed E-state index contributed by atoms with van der Waals surface area (Å²) < 4.78 is 11.0. The normalized spacial score (nSPS) is 15.0. The van der Waals surface area contributed by atoms with Gasteiger partial charge in [0.2, 0.25) is 0 Å². The van der Waals surface area contributed by atoms with Crippen molar-refractivity contribution in [3.8, 4) is 11.5 Å². The lowest BCUT2D eigenvalue weighted by atomic mass is 10.1. The molecule has 0 bridgehead atoms. The highest BCUT2D eigenvalue weighted by atomic mass is 16.5. The van der Waals surface area contributed by atoms with Crippen LogP contribution in [0.4, 0.5) is 0 Å². The van der Waals surface area contributed by atoms with Crippen LogP contribution in [0.3, 0.4) is 0 Å². The van der Waals surface area contributed by atoms with Gasteiger partial charge in [-0.3, -0.25) is 9.69 Å². The molecular weight excluding hydrogens is 316 g/mol. The predicted octanol–water partition coefficient (Wildman–Crippen LogP) is 2.42. The van der Waals surface area contributed by atoms with E-state index in [0.29, 0.717) is 0 Å². The van der Waals surface area contributed by atoms with Gasteiger partial charge in [-0.25, -0.2) is 0 Å².